The number of aryl methyl sites for hydroxylation is 3. The summed E-state index contributed by atoms with van der Waals surface area (Å²) in [7, 11) is 0. The lowest BCUT2D eigenvalue weighted by Crippen LogP contribution is -1.97. The molecule has 0 atom stereocenters. The Balaban J connectivity index is 1.58. The van der Waals surface area contributed by atoms with Crippen molar-refractivity contribution in [1.82, 2.24) is 0 Å². The van der Waals surface area contributed by atoms with Gasteiger partial charge in [0, 0.05) is 10.9 Å². The van der Waals surface area contributed by atoms with Crippen LogP contribution in [0.1, 0.15) is 23.1 Å². The van der Waals surface area contributed by atoms with Crippen molar-refractivity contribution >= 4 is 22.4 Å². The van der Waals surface area contributed by atoms with Crippen LogP contribution in [0.3, 0.4) is 0 Å². The molecule has 0 aromatic heterocycles. The molecule has 0 saturated carbocycles. The van der Waals surface area contributed by atoms with Gasteiger partial charge in [0.05, 0.1) is 5.02 Å². The Bertz CT molecular complexity index is 1290. The minimum absolute atomic E-state index is 0.0734. The molecule has 0 nitrogen and oxygen atoms in total. The highest BCUT2D eigenvalue weighted by atomic mass is 35.5. The van der Waals surface area contributed by atoms with Crippen molar-refractivity contribution in [2.75, 3.05) is 0 Å². The molecule has 4 rings (SSSR count). The van der Waals surface area contributed by atoms with E-state index in [9.17, 15) is 8.78 Å². The molecule has 0 fully saturated rings. The third kappa shape index (κ3) is 4.73. The van der Waals surface area contributed by atoms with E-state index >= 15 is 4.39 Å². The van der Waals surface area contributed by atoms with Crippen molar-refractivity contribution < 1.29 is 13.2 Å². The Morgan fingerprint density at radius 1 is 0.750 bits per heavy atom. The fraction of sp³-hybridized carbons (Fsp3) is 0.143. The molecule has 0 aliphatic carbocycles. The molecular weight excluding hydrogens is 429 g/mol. The minimum Gasteiger partial charge on any atom is -0.206 e. The Labute approximate surface area is 191 Å². The van der Waals surface area contributed by atoms with Gasteiger partial charge in [0.25, 0.3) is 0 Å². The second-order valence-electron chi connectivity index (χ2n) is 7.86. The van der Waals surface area contributed by atoms with Gasteiger partial charge in [-0.2, -0.15) is 0 Å². The van der Waals surface area contributed by atoms with E-state index in [0.29, 0.717) is 40.3 Å². The summed E-state index contributed by atoms with van der Waals surface area (Å²) >= 11 is 5.72. The standard InChI is InChI=1S/C28H22ClF3/c1-2-3-4-18-6-12-23(26(30)15-18)21-11-13-24-22(17-21)10-9-20(28(24)32)8-5-19-7-14-25(29)27(31)16-19/h2,6-7,9-17H,1,3-5,8H2. The molecule has 0 aliphatic heterocycles. The van der Waals surface area contributed by atoms with Crippen LogP contribution in [0.2, 0.25) is 5.02 Å². The van der Waals surface area contributed by atoms with Crippen LogP contribution in [-0.2, 0) is 19.3 Å². The minimum atomic E-state index is -0.475. The van der Waals surface area contributed by atoms with E-state index in [-0.39, 0.29) is 16.7 Å². The average Bonchev–Trinajstić information content (AvgIpc) is 2.79. The van der Waals surface area contributed by atoms with Crippen LogP contribution in [0.15, 0.2) is 79.4 Å². The molecule has 162 valence electrons. The van der Waals surface area contributed by atoms with Crippen molar-refractivity contribution in [1.29, 1.82) is 0 Å². The first-order valence-corrected chi connectivity index (χ1v) is 10.9. The van der Waals surface area contributed by atoms with Crippen molar-refractivity contribution in [3.63, 3.8) is 0 Å². The van der Waals surface area contributed by atoms with Gasteiger partial charge in [-0.25, -0.2) is 13.2 Å². The third-order valence-electron chi connectivity index (χ3n) is 5.68. The fourth-order valence-corrected chi connectivity index (χ4v) is 4.01. The molecule has 0 saturated heterocycles. The summed E-state index contributed by atoms with van der Waals surface area (Å²) in [6, 6.07) is 18.7. The summed E-state index contributed by atoms with van der Waals surface area (Å²) in [5.74, 6) is -1.07. The van der Waals surface area contributed by atoms with Crippen molar-refractivity contribution in [2.45, 2.75) is 25.7 Å². The highest BCUT2D eigenvalue weighted by Gasteiger charge is 2.12. The summed E-state index contributed by atoms with van der Waals surface area (Å²) in [6.45, 7) is 3.69. The first-order chi connectivity index (χ1) is 15.5. The maximum absolute atomic E-state index is 15.1. The smallest absolute Gasteiger partial charge is 0.142 e. The van der Waals surface area contributed by atoms with Crippen LogP contribution in [-0.4, -0.2) is 0 Å². The lowest BCUT2D eigenvalue weighted by atomic mass is 9.96. The van der Waals surface area contributed by atoms with Gasteiger partial charge in [-0.3, -0.25) is 0 Å². The summed E-state index contributed by atoms with van der Waals surface area (Å²) in [5.41, 5.74) is 3.42. The van der Waals surface area contributed by atoms with Crippen LogP contribution in [0.25, 0.3) is 21.9 Å². The SMILES string of the molecule is C=CCCc1ccc(-c2ccc3c(F)c(CCc4ccc(Cl)c(F)c4)ccc3c2)c(F)c1. The van der Waals surface area contributed by atoms with E-state index in [1.54, 1.807) is 42.5 Å². The Morgan fingerprint density at radius 3 is 2.25 bits per heavy atom. The van der Waals surface area contributed by atoms with E-state index in [1.807, 2.05) is 18.2 Å². The van der Waals surface area contributed by atoms with Gasteiger partial charge in [-0.05, 0) is 77.6 Å². The second kappa shape index (κ2) is 9.62. The molecule has 0 radical (unpaired) electrons. The molecule has 4 aromatic carbocycles. The average molecular weight is 451 g/mol. The van der Waals surface area contributed by atoms with E-state index in [4.69, 9.17) is 11.6 Å². The number of halogens is 4. The van der Waals surface area contributed by atoms with Crippen molar-refractivity contribution in [3.05, 3.63) is 119 Å². The zero-order valence-electron chi connectivity index (χ0n) is 17.5. The summed E-state index contributed by atoms with van der Waals surface area (Å²) in [4.78, 5) is 0. The van der Waals surface area contributed by atoms with E-state index in [1.165, 1.54) is 12.1 Å². The number of rotatable bonds is 7. The van der Waals surface area contributed by atoms with E-state index < -0.39 is 5.82 Å². The molecule has 0 aliphatic rings. The Hall–Kier alpha value is -3.04. The van der Waals surface area contributed by atoms with Crippen LogP contribution < -0.4 is 0 Å². The molecule has 4 heteroatoms. The first kappa shape index (κ1) is 22.2. The molecule has 4 aromatic rings. The zero-order chi connectivity index (χ0) is 22.7. The summed E-state index contributed by atoms with van der Waals surface area (Å²) in [5, 5.41) is 1.26. The van der Waals surface area contributed by atoms with Gasteiger partial charge in [-0.15, -0.1) is 6.58 Å². The molecule has 0 unspecified atom stereocenters. The molecule has 0 bridgehead atoms. The van der Waals surface area contributed by atoms with E-state index in [2.05, 4.69) is 6.58 Å². The predicted octanol–water partition coefficient (Wildman–Crippen LogP) is 8.48. The van der Waals surface area contributed by atoms with Gasteiger partial charge in [0.15, 0.2) is 0 Å². The lowest BCUT2D eigenvalue weighted by molar-refractivity contribution is 0.617. The van der Waals surface area contributed by atoms with Crippen LogP contribution in [0.4, 0.5) is 13.2 Å². The molecular formula is C28H22ClF3. The maximum Gasteiger partial charge on any atom is 0.142 e. The van der Waals surface area contributed by atoms with Gasteiger partial charge in [-0.1, -0.05) is 60.1 Å². The highest BCUT2D eigenvalue weighted by molar-refractivity contribution is 6.30. The third-order valence-corrected chi connectivity index (χ3v) is 5.99. The number of hydrogen-bond acceptors (Lipinski definition) is 0. The van der Waals surface area contributed by atoms with Crippen LogP contribution >= 0.6 is 11.6 Å². The van der Waals surface area contributed by atoms with E-state index in [0.717, 1.165) is 24.0 Å². The lowest BCUT2D eigenvalue weighted by Gasteiger charge is -2.10. The number of fused-ring (bicyclic) bond motifs is 1. The number of benzene rings is 4. The topological polar surface area (TPSA) is 0 Å². The highest BCUT2D eigenvalue weighted by Crippen LogP contribution is 2.30. The maximum atomic E-state index is 15.1. The zero-order valence-corrected chi connectivity index (χ0v) is 18.2. The molecule has 0 heterocycles. The van der Waals surface area contributed by atoms with Gasteiger partial charge in [0.2, 0.25) is 0 Å². The normalized spacial score (nSPS) is 11.1. The summed E-state index contributed by atoms with van der Waals surface area (Å²) < 4.78 is 43.4. The van der Waals surface area contributed by atoms with Crippen LogP contribution in [0.5, 0.6) is 0 Å². The molecule has 32 heavy (non-hydrogen) atoms. The van der Waals surface area contributed by atoms with Gasteiger partial charge >= 0.3 is 0 Å². The first-order valence-electron chi connectivity index (χ1n) is 10.5. The fourth-order valence-electron chi connectivity index (χ4n) is 3.89. The van der Waals surface area contributed by atoms with Crippen LogP contribution in [0, 0.1) is 17.5 Å². The van der Waals surface area contributed by atoms with Crippen molar-refractivity contribution in [2.24, 2.45) is 0 Å². The van der Waals surface area contributed by atoms with Gasteiger partial charge in [0.1, 0.15) is 17.5 Å². The monoisotopic (exact) mass is 450 g/mol. The Kier molecular flexibility index (Phi) is 6.66. The van der Waals surface area contributed by atoms with Crippen molar-refractivity contribution in [3.8, 4) is 11.1 Å². The summed E-state index contributed by atoms with van der Waals surface area (Å²) in [6.07, 6.45) is 4.29. The quantitative estimate of drug-likeness (QED) is 0.248. The number of allylic oxidation sites excluding steroid dienone is 1. The number of hydrogen-bond donors (Lipinski definition) is 0. The molecule has 0 N–H and O–H groups in total. The largest absolute Gasteiger partial charge is 0.206 e. The molecule has 0 spiro atoms. The molecule has 0 amide bonds. The van der Waals surface area contributed by atoms with Gasteiger partial charge < -0.3 is 0 Å². The predicted molar refractivity (Wildman–Crippen MR) is 127 cm³/mol. The Morgan fingerprint density at radius 2 is 1.50 bits per heavy atom. The second-order valence-corrected chi connectivity index (χ2v) is 8.27.